The molecule has 1 unspecified atom stereocenters. The lowest BCUT2D eigenvalue weighted by atomic mass is 9.92. The number of rotatable bonds is 4. The molecule has 2 aliphatic rings. The third kappa shape index (κ3) is 2.73. The van der Waals surface area contributed by atoms with Crippen LogP contribution in [-0.4, -0.2) is 18.7 Å². The van der Waals surface area contributed by atoms with E-state index >= 15 is 0 Å². The van der Waals surface area contributed by atoms with E-state index in [2.05, 4.69) is 23.6 Å². The fourth-order valence-electron chi connectivity index (χ4n) is 5.03. The van der Waals surface area contributed by atoms with Gasteiger partial charge < -0.3 is 10.3 Å². The van der Waals surface area contributed by atoms with Gasteiger partial charge in [0.2, 0.25) is 0 Å². The first kappa shape index (κ1) is 18.6. The van der Waals surface area contributed by atoms with Gasteiger partial charge in [-0.1, -0.05) is 25.1 Å². The summed E-state index contributed by atoms with van der Waals surface area (Å²) in [6.45, 7) is 3.94. The summed E-state index contributed by atoms with van der Waals surface area (Å²) in [6.07, 6.45) is 2.79. The Kier molecular flexibility index (Phi) is 3.99. The Morgan fingerprint density at radius 3 is 2.71 bits per heavy atom. The fraction of sp³-hybridized carbons (Fsp3) is 0.375. The Balaban J connectivity index is 1.59. The second kappa shape index (κ2) is 6.65. The Hall–Kier alpha value is -3.19. The molecule has 2 N–H and O–H groups in total. The highest BCUT2D eigenvalue weighted by atomic mass is 16.2. The number of nitrogens with two attached hydrogens (primary N) is 1. The summed E-state index contributed by atoms with van der Waals surface area (Å²) in [5.74, 6) is 1.30. The van der Waals surface area contributed by atoms with Gasteiger partial charge in [0, 0.05) is 19.1 Å². The van der Waals surface area contributed by atoms with Crippen molar-refractivity contribution in [3.8, 4) is 0 Å². The molecule has 0 radical (unpaired) electrons. The molecule has 6 rings (SSSR count). The number of aryl methyl sites for hydroxylation is 1. The Labute approximate surface area is 178 Å². The molecule has 3 heterocycles. The van der Waals surface area contributed by atoms with Crippen molar-refractivity contribution >= 4 is 21.9 Å². The molecule has 7 nitrogen and oxygen atoms in total. The third-order valence-electron chi connectivity index (χ3n) is 6.86. The number of aromatic nitrogens is 4. The second-order valence-corrected chi connectivity index (χ2v) is 8.92. The van der Waals surface area contributed by atoms with Crippen molar-refractivity contribution in [3.05, 3.63) is 74.2 Å². The molecule has 0 bridgehead atoms. The molecule has 2 aromatic heterocycles. The fourth-order valence-corrected chi connectivity index (χ4v) is 5.03. The van der Waals surface area contributed by atoms with Gasteiger partial charge in [-0.2, -0.15) is 0 Å². The van der Waals surface area contributed by atoms with Gasteiger partial charge in [0.15, 0.2) is 0 Å². The second-order valence-electron chi connectivity index (χ2n) is 8.92. The van der Waals surface area contributed by atoms with Crippen LogP contribution in [0.3, 0.4) is 0 Å². The van der Waals surface area contributed by atoms with Gasteiger partial charge in [0.05, 0.1) is 28.5 Å². The zero-order valence-electron chi connectivity index (χ0n) is 17.5. The van der Waals surface area contributed by atoms with Crippen LogP contribution in [-0.2, 0) is 19.6 Å². The zero-order valence-corrected chi connectivity index (χ0v) is 17.5. The quantitative estimate of drug-likeness (QED) is 0.555. The van der Waals surface area contributed by atoms with E-state index in [0.717, 1.165) is 48.2 Å². The van der Waals surface area contributed by atoms with E-state index in [1.54, 1.807) is 4.57 Å². The lowest BCUT2D eigenvalue weighted by Gasteiger charge is -2.23. The Morgan fingerprint density at radius 1 is 1.13 bits per heavy atom. The molecule has 1 fully saturated rings. The normalized spacial score (nSPS) is 18.2. The molecule has 1 aliphatic heterocycles. The molecule has 1 saturated carbocycles. The first-order chi connectivity index (χ1) is 15.1. The van der Waals surface area contributed by atoms with Crippen molar-refractivity contribution in [1.82, 2.24) is 18.7 Å². The molecule has 7 heteroatoms. The van der Waals surface area contributed by atoms with Gasteiger partial charge in [0.1, 0.15) is 5.82 Å². The summed E-state index contributed by atoms with van der Waals surface area (Å²) in [4.78, 5) is 31.3. The number of nitrogens with zero attached hydrogens (tertiary/aromatic N) is 4. The topological polar surface area (TPSA) is 87.8 Å². The molecule has 4 aromatic rings. The van der Waals surface area contributed by atoms with Crippen molar-refractivity contribution in [2.24, 2.45) is 5.73 Å². The zero-order chi connectivity index (χ0) is 21.3. The molecule has 0 spiro atoms. The van der Waals surface area contributed by atoms with Crippen molar-refractivity contribution < 1.29 is 0 Å². The summed E-state index contributed by atoms with van der Waals surface area (Å²) in [7, 11) is 0. The minimum absolute atomic E-state index is 0.0214. The van der Waals surface area contributed by atoms with Crippen LogP contribution in [0.5, 0.6) is 0 Å². The molecule has 1 aliphatic carbocycles. The third-order valence-corrected chi connectivity index (χ3v) is 6.86. The Morgan fingerprint density at radius 2 is 1.94 bits per heavy atom. The first-order valence-electron chi connectivity index (χ1n) is 11.0. The van der Waals surface area contributed by atoms with Crippen molar-refractivity contribution in [1.29, 1.82) is 0 Å². The average molecular weight is 415 g/mol. The van der Waals surface area contributed by atoms with E-state index in [0.29, 0.717) is 29.9 Å². The number of imidazole rings is 1. The van der Waals surface area contributed by atoms with Crippen LogP contribution in [0.15, 0.2) is 46.0 Å². The predicted octanol–water partition coefficient (Wildman–Crippen LogP) is 2.86. The maximum Gasteiger partial charge on any atom is 0.332 e. The Bertz CT molecular complexity index is 1470. The van der Waals surface area contributed by atoms with E-state index in [4.69, 9.17) is 10.7 Å². The highest BCUT2D eigenvalue weighted by Crippen LogP contribution is 2.35. The van der Waals surface area contributed by atoms with Crippen molar-refractivity contribution in [3.63, 3.8) is 0 Å². The van der Waals surface area contributed by atoms with Crippen molar-refractivity contribution in [2.75, 3.05) is 0 Å². The van der Waals surface area contributed by atoms with E-state index in [1.165, 1.54) is 10.1 Å². The molecule has 31 heavy (non-hydrogen) atoms. The van der Waals surface area contributed by atoms with E-state index in [9.17, 15) is 9.59 Å². The number of fused-ring (bicyclic) bond motifs is 1. The van der Waals surface area contributed by atoms with Gasteiger partial charge in [-0.25, -0.2) is 9.78 Å². The van der Waals surface area contributed by atoms with Crippen LogP contribution in [0, 0.1) is 0 Å². The van der Waals surface area contributed by atoms with Crippen LogP contribution >= 0.6 is 0 Å². The standard InChI is InChI=1S/C24H25N5O2/c1-14-8-9-27-21(26-19-11-15(12-25)10-18(14)22(19)27)13-28-20-5-3-2-4-17(20)23(30)29(24(28)31)16-6-7-16/h2-5,10-11,14,16H,6-9,12-13,25H2,1H3. The highest BCUT2D eigenvalue weighted by molar-refractivity contribution is 5.82. The highest BCUT2D eigenvalue weighted by Gasteiger charge is 2.29. The summed E-state index contributed by atoms with van der Waals surface area (Å²) in [5, 5.41) is 0.587. The molecular formula is C24H25N5O2. The molecule has 0 amide bonds. The van der Waals surface area contributed by atoms with Crippen LogP contribution < -0.4 is 17.0 Å². The number of para-hydroxylation sites is 1. The lowest BCUT2D eigenvalue weighted by Crippen LogP contribution is -2.40. The summed E-state index contributed by atoms with van der Waals surface area (Å²) in [6, 6.07) is 11.7. The molecular weight excluding hydrogens is 390 g/mol. The molecule has 2 aromatic carbocycles. The predicted molar refractivity (Wildman–Crippen MR) is 120 cm³/mol. The van der Waals surface area contributed by atoms with Gasteiger partial charge in [-0.3, -0.25) is 13.9 Å². The summed E-state index contributed by atoms with van der Waals surface area (Å²) >= 11 is 0. The molecule has 1 atom stereocenters. The minimum Gasteiger partial charge on any atom is -0.326 e. The van der Waals surface area contributed by atoms with Gasteiger partial charge >= 0.3 is 5.69 Å². The maximum atomic E-state index is 13.4. The van der Waals surface area contributed by atoms with Crippen molar-refractivity contribution in [2.45, 2.75) is 57.8 Å². The van der Waals surface area contributed by atoms with Gasteiger partial charge in [0.25, 0.3) is 5.56 Å². The van der Waals surface area contributed by atoms with E-state index < -0.39 is 0 Å². The lowest BCUT2D eigenvalue weighted by molar-refractivity contribution is 0.527. The molecule has 158 valence electrons. The van der Waals surface area contributed by atoms with Gasteiger partial charge in [-0.15, -0.1) is 0 Å². The minimum atomic E-state index is -0.238. The van der Waals surface area contributed by atoms with Crippen LogP contribution in [0.2, 0.25) is 0 Å². The van der Waals surface area contributed by atoms with E-state index in [-0.39, 0.29) is 17.3 Å². The van der Waals surface area contributed by atoms with Gasteiger partial charge in [-0.05, 0) is 54.5 Å². The largest absolute Gasteiger partial charge is 0.332 e. The van der Waals surface area contributed by atoms with E-state index in [1.807, 2.05) is 24.3 Å². The van der Waals surface area contributed by atoms with Crippen LogP contribution in [0.4, 0.5) is 0 Å². The number of hydrogen-bond donors (Lipinski definition) is 1. The summed E-state index contributed by atoms with van der Waals surface area (Å²) in [5.41, 5.74) is 10.6. The number of hydrogen-bond acceptors (Lipinski definition) is 4. The SMILES string of the molecule is CC1CCn2c(Cn3c(=O)n(C4CC4)c(=O)c4ccccc43)nc3cc(CN)cc1c32. The maximum absolute atomic E-state index is 13.4. The smallest absolute Gasteiger partial charge is 0.326 e. The first-order valence-corrected chi connectivity index (χ1v) is 11.0. The molecule has 0 saturated heterocycles. The number of benzene rings is 2. The summed E-state index contributed by atoms with van der Waals surface area (Å²) < 4.78 is 5.42. The van der Waals surface area contributed by atoms with Crippen LogP contribution in [0.1, 0.15) is 55.1 Å². The van der Waals surface area contributed by atoms with Crippen LogP contribution in [0.25, 0.3) is 21.9 Å². The average Bonchev–Trinajstić information content (AvgIpc) is 3.55. The monoisotopic (exact) mass is 415 g/mol.